The van der Waals surface area contributed by atoms with Crippen molar-refractivity contribution in [3.63, 3.8) is 0 Å². The maximum Gasteiger partial charge on any atom is 0.527 e. The molecule has 3 N–H and O–H groups in total. The first-order chi connectivity index (χ1) is 20.1. The summed E-state index contributed by atoms with van der Waals surface area (Å²) in [6.45, 7) is 0.617. The van der Waals surface area contributed by atoms with Crippen molar-refractivity contribution in [1.82, 2.24) is 9.55 Å². The summed E-state index contributed by atoms with van der Waals surface area (Å²) >= 11 is 0. The lowest BCUT2D eigenvalue weighted by Gasteiger charge is -2.22. The summed E-state index contributed by atoms with van der Waals surface area (Å²) in [6.07, 6.45) is -3.17. The Morgan fingerprint density at radius 1 is 0.953 bits per heavy atom. The zero-order chi connectivity index (χ0) is 31.5. The second-order valence-corrected chi connectivity index (χ2v) is 11.6. The van der Waals surface area contributed by atoms with E-state index in [1.807, 2.05) is 0 Å². The monoisotopic (exact) mass is 644 g/mol. The fraction of sp³-hybridized carbons (Fsp3) is 0.273. The summed E-state index contributed by atoms with van der Waals surface area (Å²) in [5, 5.41) is 21.6. The van der Waals surface area contributed by atoms with Crippen LogP contribution in [-0.4, -0.2) is 48.0 Å². The molecular formula is C22H22N4O15P2. The van der Waals surface area contributed by atoms with Crippen molar-refractivity contribution in [3.8, 4) is 11.5 Å². The van der Waals surface area contributed by atoms with Crippen LogP contribution in [-0.2, 0) is 22.9 Å². The van der Waals surface area contributed by atoms with Crippen LogP contribution >= 0.6 is 15.6 Å². The quantitative estimate of drug-likeness (QED) is 0.145. The van der Waals surface area contributed by atoms with Crippen LogP contribution in [0.15, 0.2) is 64.3 Å². The Balaban J connectivity index is 1.51. The van der Waals surface area contributed by atoms with E-state index in [2.05, 4.69) is 4.98 Å². The molecule has 21 heteroatoms. The molecule has 0 aliphatic carbocycles. The minimum Gasteiger partial charge on any atom is -0.404 e. The van der Waals surface area contributed by atoms with E-state index < -0.39 is 61.8 Å². The molecule has 1 aromatic heterocycles. The molecule has 0 bridgehead atoms. The van der Waals surface area contributed by atoms with Gasteiger partial charge in [0.25, 0.3) is 16.9 Å². The Kier molecular flexibility index (Phi) is 9.26. The molecule has 2 heterocycles. The highest BCUT2D eigenvalue weighted by atomic mass is 31.2. The maximum atomic E-state index is 12.8. The number of aromatic amines is 1. The zero-order valence-electron chi connectivity index (χ0n) is 21.8. The van der Waals surface area contributed by atoms with Crippen LogP contribution in [0.5, 0.6) is 11.5 Å². The standard InChI is InChI=1S/C22H22N4O15P2/c1-13-11-24(22(28)23-21(13)27)20-10-18(41-43(35,36)40-17-8-4-15(5-9-17)26(31)32)19(38-20)12-37-42(33,34)39-16-6-2-14(3-7-16)25(29)30/h2-9,11,18-20H,10,12H2,1H3,(H,33,34)(H,35,36)(H,23,27,28). The number of nitro benzene ring substituents is 2. The summed E-state index contributed by atoms with van der Waals surface area (Å²) in [6, 6.07) is 8.32. The molecule has 1 saturated heterocycles. The van der Waals surface area contributed by atoms with E-state index in [1.165, 1.54) is 13.1 Å². The van der Waals surface area contributed by atoms with Crippen LogP contribution in [0.25, 0.3) is 0 Å². The smallest absolute Gasteiger partial charge is 0.404 e. The van der Waals surface area contributed by atoms with Gasteiger partial charge in [-0.2, -0.15) is 0 Å². The fourth-order valence-electron chi connectivity index (χ4n) is 3.84. The van der Waals surface area contributed by atoms with E-state index in [4.69, 9.17) is 22.8 Å². The van der Waals surface area contributed by atoms with E-state index in [-0.39, 0.29) is 34.9 Å². The van der Waals surface area contributed by atoms with Gasteiger partial charge in [0, 0.05) is 42.4 Å². The van der Waals surface area contributed by atoms with Crippen molar-refractivity contribution in [2.75, 3.05) is 6.61 Å². The predicted octanol–water partition coefficient (Wildman–Crippen LogP) is 2.71. The number of hydrogen-bond acceptors (Lipinski definition) is 13. The summed E-state index contributed by atoms with van der Waals surface area (Å²) in [7, 11) is -9.89. The van der Waals surface area contributed by atoms with Crippen molar-refractivity contribution in [2.45, 2.75) is 31.8 Å². The second-order valence-electron chi connectivity index (χ2n) is 8.90. The third-order valence-electron chi connectivity index (χ3n) is 5.84. The predicted molar refractivity (Wildman–Crippen MR) is 143 cm³/mol. The van der Waals surface area contributed by atoms with Gasteiger partial charge in [-0.15, -0.1) is 0 Å². The van der Waals surface area contributed by atoms with Crippen LogP contribution < -0.4 is 20.3 Å². The summed E-state index contributed by atoms with van der Waals surface area (Å²) in [5.74, 6) is -0.510. The first kappa shape index (κ1) is 31.7. The van der Waals surface area contributed by atoms with Gasteiger partial charge in [-0.1, -0.05) is 0 Å². The molecule has 2 aromatic carbocycles. The number of phosphoric acid groups is 2. The van der Waals surface area contributed by atoms with Gasteiger partial charge in [0.15, 0.2) is 0 Å². The fourth-order valence-corrected chi connectivity index (χ4v) is 5.61. The first-order valence-electron chi connectivity index (χ1n) is 12.0. The molecule has 230 valence electrons. The largest absolute Gasteiger partial charge is 0.527 e. The Morgan fingerprint density at radius 3 is 1.98 bits per heavy atom. The van der Waals surface area contributed by atoms with E-state index in [0.717, 1.165) is 53.1 Å². The molecule has 3 aromatic rings. The highest BCUT2D eigenvalue weighted by Crippen LogP contribution is 2.50. The number of phosphoric ester groups is 2. The topological polar surface area (TPSA) is 262 Å². The Labute approximate surface area is 239 Å². The molecule has 0 saturated carbocycles. The van der Waals surface area contributed by atoms with Crippen LogP contribution in [0.4, 0.5) is 11.4 Å². The third kappa shape index (κ3) is 8.20. The molecule has 5 unspecified atom stereocenters. The molecule has 1 aliphatic rings. The maximum absolute atomic E-state index is 12.8. The van der Waals surface area contributed by atoms with Crippen molar-refractivity contribution in [1.29, 1.82) is 0 Å². The summed E-state index contributed by atoms with van der Waals surface area (Å²) in [5.41, 5.74) is -2.02. The average molecular weight is 644 g/mol. The van der Waals surface area contributed by atoms with Gasteiger partial charge in [-0.25, -0.2) is 13.9 Å². The molecule has 0 radical (unpaired) electrons. The van der Waals surface area contributed by atoms with Crippen molar-refractivity contribution in [2.24, 2.45) is 0 Å². The number of nitrogens with zero attached hydrogens (tertiary/aromatic N) is 3. The van der Waals surface area contributed by atoms with E-state index in [0.29, 0.717) is 0 Å². The zero-order valence-corrected chi connectivity index (χ0v) is 23.6. The van der Waals surface area contributed by atoms with Crippen LogP contribution in [0.1, 0.15) is 18.2 Å². The summed E-state index contributed by atoms with van der Waals surface area (Å²) < 4.78 is 52.2. The molecule has 1 fully saturated rings. The summed E-state index contributed by atoms with van der Waals surface area (Å²) in [4.78, 5) is 67.1. The highest BCUT2D eigenvalue weighted by Gasteiger charge is 2.44. The Bertz CT molecular complexity index is 1720. The number of ether oxygens (including phenoxy) is 1. The number of aromatic nitrogens is 2. The number of rotatable bonds is 12. The molecule has 4 rings (SSSR count). The SMILES string of the molecule is Cc1cn(C2CC(OP(=O)(O)Oc3ccc([N+](=O)[O-])cc3)C(COP(=O)(O)Oc3ccc([N+](=O)[O-])cc3)O2)c(=O)[nH]c1=O. The van der Waals surface area contributed by atoms with Gasteiger partial charge in [0.2, 0.25) is 0 Å². The van der Waals surface area contributed by atoms with Gasteiger partial charge < -0.3 is 13.8 Å². The minimum absolute atomic E-state index is 0.131. The van der Waals surface area contributed by atoms with Crippen molar-refractivity contribution >= 4 is 27.0 Å². The molecule has 0 spiro atoms. The van der Waals surface area contributed by atoms with E-state index in [1.54, 1.807) is 0 Å². The van der Waals surface area contributed by atoms with Crippen LogP contribution in [0, 0.1) is 27.2 Å². The number of non-ortho nitro benzene ring substituents is 2. The van der Waals surface area contributed by atoms with Crippen LogP contribution in [0.2, 0.25) is 0 Å². The van der Waals surface area contributed by atoms with Gasteiger partial charge in [-0.05, 0) is 31.2 Å². The number of H-pyrrole nitrogens is 1. The first-order valence-corrected chi connectivity index (χ1v) is 15.0. The molecule has 1 aliphatic heterocycles. The highest BCUT2D eigenvalue weighted by molar-refractivity contribution is 7.48. The van der Waals surface area contributed by atoms with Crippen molar-refractivity contribution < 1.29 is 51.6 Å². The molecule has 0 amide bonds. The van der Waals surface area contributed by atoms with Gasteiger partial charge >= 0.3 is 21.3 Å². The van der Waals surface area contributed by atoms with Gasteiger partial charge in [0.1, 0.15) is 29.9 Å². The normalized spacial score (nSPS) is 21.0. The lowest BCUT2D eigenvalue weighted by Crippen LogP contribution is -2.33. The molecular weight excluding hydrogens is 622 g/mol. The van der Waals surface area contributed by atoms with Gasteiger partial charge in [0.05, 0.1) is 16.5 Å². The second kappa shape index (κ2) is 12.6. The van der Waals surface area contributed by atoms with E-state index in [9.17, 15) is 48.7 Å². The van der Waals surface area contributed by atoms with Crippen molar-refractivity contribution in [3.05, 3.63) is 101 Å². The lowest BCUT2D eigenvalue weighted by molar-refractivity contribution is -0.385. The Morgan fingerprint density at radius 2 is 1.47 bits per heavy atom. The number of hydrogen-bond donors (Lipinski definition) is 3. The third-order valence-corrected chi connectivity index (χ3v) is 7.74. The average Bonchev–Trinajstić information content (AvgIpc) is 3.31. The van der Waals surface area contributed by atoms with Gasteiger partial charge in [-0.3, -0.25) is 53.4 Å². The number of benzene rings is 2. The van der Waals surface area contributed by atoms with Crippen LogP contribution in [0.3, 0.4) is 0 Å². The minimum atomic E-state index is -4.99. The number of nitrogens with one attached hydrogen (secondary N) is 1. The number of aryl methyl sites for hydroxylation is 1. The Hall–Kier alpha value is -4.22. The molecule has 19 nitrogen and oxygen atoms in total. The lowest BCUT2D eigenvalue weighted by atomic mass is 10.2. The van der Waals surface area contributed by atoms with E-state index >= 15 is 0 Å². The molecule has 43 heavy (non-hydrogen) atoms. The number of nitro groups is 2. The molecule has 5 atom stereocenters.